The van der Waals surface area contributed by atoms with E-state index in [0.717, 1.165) is 34.3 Å². The number of hydrogen-bond acceptors (Lipinski definition) is 5. The largest absolute Gasteiger partial charge is 0.497 e. The molecule has 0 fully saturated rings. The first-order valence-corrected chi connectivity index (χ1v) is 8.96. The Morgan fingerprint density at radius 1 is 0.963 bits per heavy atom. The molecule has 3 rings (SSSR count). The third kappa shape index (κ3) is 4.34. The van der Waals surface area contributed by atoms with E-state index < -0.39 is 0 Å². The number of aryl methyl sites for hydroxylation is 2. The lowest BCUT2D eigenvalue weighted by Gasteiger charge is -2.13. The van der Waals surface area contributed by atoms with Gasteiger partial charge >= 0.3 is 0 Å². The molecule has 0 aliphatic heterocycles. The quantitative estimate of drug-likeness (QED) is 0.527. The molecule has 3 aromatic rings. The minimum atomic E-state index is 0.188. The Balaban J connectivity index is 1.96. The fourth-order valence-electron chi connectivity index (χ4n) is 2.68. The first-order valence-electron chi connectivity index (χ1n) is 8.96. The minimum Gasteiger partial charge on any atom is -0.497 e. The van der Waals surface area contributed by atoms with Gasteiger partial charge in [0.1, 0.15) is 5.75 Å². The van der Waals surface area contributed by atoms with Crippen LogP contribution in [0.5, 0.6) is 5.75 Å². The summed E-state index contributed by atoms with van der Waals surface area (Å²) in [6, 6.07) is 15.9. The highest BCUT2D eigenvalue weighted by Gasteiger charge is 2.17. The van der Waals surface area contributed by atoms with E-state index in [4.69, 9.17) is 4.74 Å². The van der Waals surface area contributed by atoms with Crippen LogP contribution in [0.4, 0.5) is 22.9 Å². The van der Waals surface area contributed by atoms with Crippen molar-refractivity contribution in [2.24, 2.45) is 10.2 Å². The van der Waals surface area contributed by atoms with Crippen molar-refractivity contribution in [3.05, 3.63) is 59.8 Å². The maximum absolute atomic E-state index is 5.23. The summed E-state index contributed by atoms with van der Waals surface area (Å²) in [5.74, 6) is 1.64. The normalized spacial score (nSPS) is 11.3. The fraction of sp³-hybridized carbons (Fsp3) is 0.286. The van der Waals surface area contributed by atoms with Gasteiger partial charge in [-0.15, -0.1) is 5.11 Å². The van der Waals surface area contributed by atoms with Crippen molar-refractivity contribution >= 4 is 22.9 Å². The Hall–Kier alpha value is -3.15. The van der Waals surface area contributed by atoms with Gasteiger partial charge in [0.05, 0.1) is 18.5 Å². The predicted octanol–water partition coefficient (Wildman–Crippen LogP) is 6.25. The molecular formula is C21H25N5O. The first kappa shape index (κ1) is 18.6. The van der Waals surface area contributed by atoms with Gasteiger partial charge in [0.2, 0.25) is 0 Å². The van der Waals surface area contributed by atoms with Gasteiger partial charge in [-0.25, -0.2) is 4.68 Å². The molecule has 6 heteroatoms. The highest BCUT2D eigenvalue weighted by molar-refractivity contribution is 5.71. The predicted molar refractivity (Wildman–Crippen MR) is 109 cm³/mol. The maximum Gasteiger partial charge on any atom is 0.157 e. The van der Waals surface area contributed by atoms with E-state index >= 15 is 0 Å². The lowest BCUT2D eigenvalue weighted by atomic mass is 10.2. The number of benzene rings is 2. The second-order valence-corrected chi connectivity index (χ2v) is 6.71. The second-order valence-electron chi connectivity index (χ2n) is 6.71. The Morgan fingerprint density at radius 3 is 2.22 bits per heavy atom. The number of aromatic nitrogens is 2. The van der Waals surface area contributed by atoms with Gasteiger partial charge in [0.25, 0.3) is 0 Å². The summed E-state index contributed by atoms with van der Waals surface area (Å²) in [6.07, 6.45) is 0. The van der Waals surface area contributed by atoms with Crippen LogP contribution in [-0.4, -0.2) is 16.9 Å². The number of ether oxygens (including phenoxy) is 1. The molecule has 140 valence electrons. The van der Waals surface area contributed by atoms with Crippen molar-refractivity contribution in [2.75, 3.05) is 12.4 Å². The number of nitrogens with one attached hydrogen (secondary N) is 1. The van der Waals surface area contributed by atoms with Crippen LogP contribution in [0.15, 0.2) is 58.8 Å². The van der Waals surface area contributed by atoms with Crippen LogP contribution in [0.25, 0.3) is 0 Å². The van der Waals surface area contributed by atoms with Gasteiger partial charge in [-0.1, -0.05) is 17.7 Å². The van der Waals surface area contributed by atoms with Crippen molar-refractivity contribution in [3.63, 3.8) is 0 Å². The molecule has 0 saturated heterocycles. The Kier molecular flexibility index (Phi) is 5.54. The molecule has 0 atom stereocenters. The molecule has 1 heterocycles. The monoisotopic (exact) mass is 363 g/mol. The lowest BCUT2D eigenvalue weighted by molar-refractivity contribution is 0.415. The number of hydrogen-bond donors (Lipinski definition) is 1. The van der Waals surface area contributed by atoms with Gasteiger partial charge in [-0.3, -0.25) is 0 Å². The summed E-state index contributed by atoms with van der Waals surface area (Å²) in [5.41, 5.74) is 4.51. The zero-order valence-electron chi connectivity index (χ0n) is 16.4. The van der Waals surface area contributed by atoms with Crippen LogP contribution in [-0.2, 0) is 0 Å². The molecule has 0 bridgehead atoms. The smallest absolute Gasteiger partial charge is 0.157 e. The number of anilines is 2. The van der Waals surface area contributed by atoms with Crippen molar-refractivity contribution in [1.29, 1.82) is 0 Å². The van der Waals surface area contributed by atoms with E-state index in [1.165, 1.54) is 5.56 Å². The van der Waals surface area contributed by atoms with Crippen molar-refractivity contribution in [2.45, 2.75) is 33.7 Å². The van der Waals surface area contributed by atoms with Gasteiger partial charge < -0.3 is 10.1 Å². The molecule has 0 amide bonds. The Bertz CT molecular complexity index is 924. The molecule has 1 aromatic heterocycles. The van der Waals surface area contributed by atoms with Crippen LogP contribution in [0.1, 0.15) is 31.1 Å². The summed E-state index contributed by atoms with van der Waals surface area (Å²) in [6.45, 7) is 8.18. The van der Waals surface area contributed by atoms with E-state index in [-0.39, 0.29) is 6.04 Å². The van der Waals surface area contributed by atoms with Crippen molar-refractivity contribution < 1.29 is 4.74 Å². The fourth-order valence-corrected chi connectivity index (χ4v) is 2.68. The summed E-state index contributed by atoms with van der Waals surface area (Å²) >= 11 is 0. The SMILES string of the molecule is COc1ccc(Nc2c(N=Nc3ccc(C)cc3)c(C)nn2C(C)C)cc1. The zero-order chi connectivity index (χ0) is 19.4. The molecule has 27 heavy (non-hydrogen) atoms. The molecule has 0 unspecified atom stereocenters. The molecule has 6 nitrogen and oxygen atoms in total. The van der Waals surface area contributed by atoms with E-state index in [1.807, 2.05) is 60.1 Å². The van der Waals surface area contributed by atoms with E-state index in [0.29, 0.717) is 0 Å². The van der Waals surface area contributed by atoms with E-state index in [1.54, 1.807) is 7.11 Å². The third-order valence-corrected chi connectivity index (χ3v) is 4.20. The number of methoxy groups -OCH3 is 1. The molecule has 0 saturated carbocycles. The average Bonchev–Trinajstić information content (AvgIpc) is 2.98. The average molecular weight is 363 g/mol. The van der Waals surface area contributed by atoms with E-state index in [2.05, 4.69) is 41.4 Å². The van der Waals surface area contributed by atoms with Crippen LogP contribution >= 0.6 is 0 Å². The zero-order valence-corrected chi connectivity index (χ0v) is 16.4. The molecule has 0 spiro atoms. The third-order valence-electron chi connectivity index (χ3n) is 4.20. The van der Waals surface area contributed by atoms with Crippen LogP contribution in [0.2, 0.25) is 0 Å². The number of rotatable bonds is 6. The molecular weight excluding hydrogens is 338 g/mol. The van der Waals surface area contributed by atoms with Crippen molar-refractivity contribution in [1.82, 2.24) is 9.78 Å². The highest BCUT2D eigenvalue weighted by atomic mass is 16.5. The summed E-state index contributed by atoms with van der Waals surface area (Å²) in [7, 11) is 1.66. The van der Waals surface area contributed by atoms with Crippen LogP contribution < -0.4 is 10.1 Å². The summed E-state index contributed by atoms with van der Waals surface area (Å²) < 4.78 is 7.16. The van der Waals surface area contributed by atoms with Crippen LogP contribution in [0, 0.1) is 13.8 Å². The molecule has 2 aromatic carbocycles. The number of azo groups is 1. The van der Waals surface area contributed by atoms with Gasteiger partial charge in [-0.2, -0.15) is 10.2 Å². The molecule has 0 radical (unpaired) electrons. The Morgan fingerprint density at radius 2 is 1.63 bits per heavy atom. The van der Waals surface area contributed by atoms with Gasteiger partial charge in [0, 0.05) is 11.7 Å². The molecule has 0 aliphatic rings. The van der Waals surface area contributed by atoms with Gasteiger partial charge in [-0.05, 0) is 64.1 Å². The highest BCUT2D eigenvalue weighted by Crippen LogP contribution is 2.35. The van der Waals surface area contributed by atoms with Crippen molar-refractivity contribution in [3.8, 4) is 5.75 Å². The topological polar surface area (TPSA) is 63.8 Å². The molecule has 1 N–H and O–H groups in total. The Labute approximate surface area is 159 Å². The van der Waals surface area contributed by atoms with Gasteiger partial charge in [0.15, 0.2) is 11.5 Å². The summed E-state index contributed by atoms with van der Waals surface area (Å²) in [5, 5.41) is 17.0. The number of nitrogens with zero attached hydrogens (tertiary/aromatic N) is 4. The minimum absolute atomic E-state index is 0.188. The van der Waals surface area contributed by atoms with E-state index in [9.17, 15) is 0 Å². The standard InChI is InChI=1S/C21H25N5O/c1-14(2)26-21(22-17-10-12-19(27-5)13-11-17)20(16(4)25-26)24-23-18-8-6-15(3)7-9-18/h6-14,22H,1-5H3. The first-order chi connectivity index (χ1) is 13.0. The second kappa shape index (κ2) is 8.03. The summed E-state index contributed by atoms with van der Waals surface area (Å²) in [4.78, 5) is 0. The lowest BCUT2D eigenvalue weighted by Crippen LogP contribution is -2.07. The molecule has 0 aliphatic carbocycles. The maximum atomic E-state index is 5.23. The van der Waals surface area contributed by atoms with Crippen LogP contribution in [0.3, 0.4) is 0 Å².